The van der Waals surface area contributed by atoms with Crippen LogP contribution in [0, 0.1) is 0 Å². The van der Waals surface area contributed by atoms with E-state index >= 15 is 0 Å². The zero-order chi connectivity index (χ0) is 13.0. The molecule has 1 N–H and O–H groups in total. The summed E-state index contributed by atoms with van der Waals surface area (Å²) in [5.74, 6) is 0.904. The van der Waals surface area contributed by atoms with Crippen LogP contribution in [0.3, 0.4) is 0 Å². The number of halogens is 1. The van der Waals surface area contributed by atoms with Crippen molar-refractivity contribution in [3.05, 3.63) is 28.2 Å². The molecule has 1 saturated heterocycles. The molecule has 1 aliphatic rings. The molecule has 0 bridgehead atoms. The zero-order valence-corrected chi connectivity index (χ0v) is 12.5. The van der Waals surface area contributed by atoms with E-state index in [1.807, 2.05) is 12.1 Å². The second kappa shape index (κ2) is 6.55. The van der Waals surface area contributed by atoms with Gasteiger partial charge in [-0.15, -0.1) is 0 Å². The second-order valence-electron chi connectivity index (χ2n) is 4.64. The number of rotatable bonds is 6. The van der Waals surface area contributed by atoms with Gasteiger partial charge in [-0.25, -0.2) is 0 Å². The Morgan fingerprint density at radius 1 is 1.50 bits per heavy atom. The first kappa shape index (κ1) is 13.8. The summed E-state index contributed by atoms with van der Waals surface area (Å²) in [5, 5.41) is 3.48. The van der Waals surface area contributed by atoms with E-state index in [9.17, 15) is 0 Å². The highest BCUT2D eigenvalue weighted by atomic mass is 79.9. The Hall–Kier alpha value is -0.580. The number of benzene rings is 1. The molecule has 1 aromatic rings. The molecule has 0 aromatic heterocycles. The molecule has 1 heterocycles. The molecule has 0 saturated carbocycles. The number of ether oxygens (including phenoxy) is 2. The normalized spacial score (nSPS) is 17.3. The molecule has 2 rings (SSSR count). The fraction of sp³-hybridized carbons (Fsp3) is 0.571. The third-order valence-electron chi connectivity index (χ3n) is 3.05. The summed E-state index contributed by atoms with van der Waals surface area (Å²) < 4.78 is 12.0. The van der Waals surface area contributed by atoms with Gasteiger partial charge in [0.05, 0.1) is 13.2 Å². The van der Waals surface area contributed by atoms with Crippen LogP contribution in [0.2, 0.25) is 0 Å². The summed E-state index contributed by atoms with van der Waals surface area (Å²) in [4.78, 5) is 0. The van der Waals surface area contributed by atoms with Gasteiger partial charge >= 0.3 is 0 Å². The molecular weight excluding hydrogens is 294 g/mol. The summed E-state index contributed by atoms with van der Waals surface area (Å²) >= 11 is 3.62. The highest BCUT2D eigenvalue weighted by Crippen LogP contribution is 2.28. The van der Waals surface area contributed by atoms with Gasteiger partial charge in [0.2, 0.25) is 0 Å². The molecule has 4 heteroatoms. The van der Waals surface area contributed by atoms with Gasteiger partial charge in [-0.1, -0.05) is 28.9 Å². The third kappa shape index (κ3) is 3.46. The van der Waals surface area contributed by atoms with Gasteiger partial charge in [-0.2, -0.15) is 0 Å². The van der Waals surface area contributed by atoms with Gasteiger partial charge < -0.3 is 14.8 Å². The molecule has 1 atom stereocenters. The number of hydrogen-bond acceptors (Lipinski definition) is 3. The molecule has 1 unspecified atom stereocenters. The molecule has 1 fully saturated rings. The van der Waals surface area contributed by atoms with E-state index in [0.29, 0.717) is 19.3 Å². The van der Waals surface area contributed by atoms with Gasteiger partial charge in [0.25, 0.3) is 0 Å². The lowest BCUT2D eigenvalue weighted by atomic mass is 10.1. The van der Waals surface area contributed by atoms with Crippen LogP contribution in [-0.2, 0) is 4.74 Å². The van der Waals surface area contributed by atoms with Crippen molar-refractivity contribution in [1.82, 2.24) is 5.32 Å². The van der Waals surface area contributed by atoms with Crippen LogP contribution in [0.25, 0.3) is 0 Å². The molecule has 1 aliphatic heterocycles. The molecule has 0 aliphatic carbocycles. The maximum absolute atomic E-state index is 5.77. The fourth-order valence-electron chi connectivity index (χ4n) is 1.88. The second-order valence-corrected chi connectivity index (χ2v) is 5.49. The number of hydrogen-bond donors (Lipinski definition) is 1. The van der Waals surface area contributed by atoms with E-state index in [0.717, 1.165) is 23.2 Å². The van der Waals surface area contributed by atoms with Crippen molar-refractivity contribution in [1.29, 1.82) is 0 Å². The zero-order valence-electron chi connectivity index (χ0n) is 10.9. The van der Waals surface area contributed by atoms with Crippen LogP contribution >= 0.6 is 15.9 Å². The van der Waals surface area contributed by atoms with Crippen molar-refractivity contribution in [3.63, 3.8) is 0 Å². The molecular formula is C14H20BrNO2. The maximum Gasteiger partial charge on any atom is 0.145 e. The van der Waals surface area contributed by atoms with Gasteiger partial charge in [-0.3, -0.25) is 0 Å². The first-order valence-corrected chi connectivity index (χ1v) is 7.27. The van der Waals surface area contributed by atoms with Gasteiger partial charge in [0, 0.05) is 10.5 Å². The Balaban J connectivity index is 1.99. The molecule has 3 nitrogen and oxygen atoms in total. The van der Waals surface area contributed by atoms with Crippen molar-refractivity contribution < 1.29 is 9.47 Å². The van der Waals surface area contributed by atoms with Crippen molar-refractivity contribution in [3.8, 4) is 5.75 Å². The van der Waals surface area contributed by atoms with Crippen LogP contribution in [0.5, 0.6) is 5.75 Å². The molecule has 0 radical (unpaired) electrons. The minimum Gasteiger partial charge on any atom is -0.486 e. The molecule has 0 spiro atoms. The molecule has 0 amide bonds. The van der Waals surface area contributed by atoms with E-state index in [1.165, 1.54) is 5.56 Å². The van der Waals surface area contributed by atoms with Crippen LogP contribution < -0.4 is 10.1 Å². The van der Waals surface area contributed by atoms with Crippen molar-refractivity contribution in [2.24, 2.45) is 0 Å². The van der Waals surface area contributed by atoms with Gasteiger partial charge in [0.1, 0.15) is 11.9 Å². The predicted octanol–water partition coefficient (Wildman–Crippen LogP) is 3.29. The van der Waals surface area contributed by atoms with E-state index < -0.39 is 0 Å². The summed E-state index contributed by atoms with van der Waals surface area (Å²) in [5.41, 5.74) is 1.26. The van der Waals surface area contributed by atoms with Gasteiger partial charge in [0.15, 0.2) is 0 Å². The lowest BCUT2D eigenvalue weighted by molar-refractivity contribution is -0.0797. The lowest BCUT2D eigenvalue weighted by Crippen LogP contribution is -2.38. The standard InChI is InChI=1S/C14H20BrNO2/c1-3-6-16-10(2)13-5-4-11(7-14(13)15)18-12-8-17-9-12/h4-5,7,10,12,16H,3,6,8-9H2,1-2H3. The lowest BCUT2D eigenvalue weighted by Gasteiger charge is -2.27. The monoisotopic (exact) mass is 313 g/mol. The summed E-state index contributed by atoms with van der Waals surface area (Å²) in [6.45, 7) is 6.79. The molecule has 18 heavy (non-hydrogen) atoms. The smallest absolute Gasteiger partial charge is 0.145 e. The Bertz CT molecular complexity index is 393. The Morgan fingerprint density at radius 2 is 2.28 bits per heavy atom. The molecule has 100 valence electrons. The van der Waals surface area contributed by atoms with E-state index in [2.05, 4.69) is 41.2 Å². The maximum atomic E-state index is 5.77. The van der Waals surface area contributed by atoms with Crippen molar-refractivity contribution in [2.75, 3.05) is 19.8 Å². The third-order valence-corrected chi connectivity index (χ3v) is 3.74. The van der Waals surface area contributed by atoms with E-state index in [4.69, 9.17) is 9.47 Å². The van der Waals surface area contributed by atoms with Crippen LogP contribution in [0.15, 0.2) is 22.7 Å². The minimum absolute atomic E-state index is 0.221. The first-order chi connectivity index (χ1) is 8.70. The highest BCUT2D eigenvalue weighted by Gasteiger charge is 2.20. The van der Waals surface area contributed by atoms with E-state index in [-0.39, 0.29) is 6.10 Å². The number of nitrogens with one attached hydrogen (secondary N) is 1. The van der Waals surface area contributed by atoms with Crippen LogP contribution in [0.1, 0.15) is 31.9 Å². The van der Waals surface area contributed by atoms with Crippen LogP contribution in [0.4, 0.5) is 0 Å². The fourth-order valence-corrected chi connectivity index (χ4v) is 2.58. The van der Waals surface area contributed by atoms with E-state index in [1.54, 1.807) is 0 Å². The summed E-state index contributed by atoms with van der Waals surface area (Å²) in [6, 6.07) is 6.53. The van der Waals surface area contributed by atoms with Crippen LogP contribution in [-0.4, -0.2) is 25.9 Å². The Labute approximate surface area is 117 Å². The average molecular weight is 314 g/mol. The topological polar surface area (TPSA) is 30.5 Å². The predicted molar refractivity (Wildman–Crippen MR) is 76.1 cm³/mol. The largest absolute Gasteiger partial charge is 0.486 e. The SMILES string of the molecule is CCCNC(C)c1ccc(OC2COC2)cc1Br. The average Bonchev–Trinajstić information content (AvgIpc) is 2.31. The minimum atomic E-state index is 0.221. The summed E-state index contributed by atoms with van der Waals surface area (Å²) in [7, 11) is 0. The van der Waals surface area contributed by atoms with Crippen molar-refractivity contribution >= 4 is 15.9 Å². The summed E-state index contributed by atoms with van der Waals surface area (Å²) in [6.07, 6.45) is 1.36. The Kier molecular flexibility index (Phi) is 5.03. The van der Waals surface area contributed by atoms with Gasteiger partial charge in [-0.05, 0) is 37.6 Å². The first-order valence-electron chi connectivity index (χ1n) is 6.48. The highest BCUT2D eigenvalue weighted by molar-refractivity contribution is 9.10. The quantitative estimate of drug-likeness (QED) is 0.874. The van der Waals surface area contributed by atoms with Crippen molar-refractivity contribution in [2.45, 2.75) is 32.4 Å². The Morgan fingerprint density at radius 3 is 2.83 bits per heavy atom. The molecule has 1 aromatic carbocycles.